The first-order valence-corrected chi connectivity index (χ1v) is 29.3. The Kier molecular flexibility index (Phi) is 10.9. The Morgan fingerprint density at radius 3 is 0.424 bits per heavy atom. The van der Waals surface area contributed by atoms with Crippen LogP contribution in [0.25, 0.3) is 64.6 Å². The van der Waals surface area contributed by atoms with E-state index in [-0.39, 0.29) is 0 Å². The van der Waals surface area contributed by atoms with Crippen LogP contribution in [0, 0.1) is 35.5 Å². The Bertz CT molecular complexity index is 2310. The Morgan fingerprint density at radius 1 is 0.197 bits per heavy atom. The smallest absolute Gasteiger partial charge is 0.000770 e. The molecule has 0 radical (unpaired) electrons. The lowest BCUT2D eigenvalue weighted by atomic mass is 9.60. The molecule has 0 saturated carbocycles. The highest BCUT2D eigenvalue weighted by Crippen LogP contribution is 2.63. The van der Waals surface area contributed by atoms with Crippen molar-refractivity contribution in [3.8, 4) is 0 Å². The van der Waals surface area contributed by atoms with Gasteiger partial charge in [-0.1, -0.05) is 119 Å². The number of fused-ring (bicyclic) bond motifs is 6. The molecule has 0 heterocycles. The Hall–Kier alpha value is -3.12. The molecule has 7 aromatic rings. The van der Waals surface area contributed by atoms with E-state index in [1.54, 1.807) is 0 Å². The first kappa shape index (κ1) is 42.9. The van der Waals surface area contributed by atoms with Crippen molar-refractivity contribution in [3.05, 3.63) is 66.8 Å². The lowest BCUT2D eigenvalue weighted by molar-refractivity contribution is 0.422. The summed E-state index contributed by atoms with van der Waals surface area (Å²) >= 11 is 0. The molecule has 66 heavy (non-hydrogen) atoms. The summed E-state index contributed by atoms with van der Waals surface area (Å²) < 4.78 is 0. The van der Waals surface area contributed by atoms with Gasteiger partial charge in [0.1, 0.15) is 0 Å². The molecule has 0 fully saturated rings. The van der Waals surface area contributed by atoms with Crippen molar-refractivity contribution in [2.24, 2.45) is 35.5 Å². The highest BCUT2D eigenvalue weighted by Gasteiger charge is 2.44. The van der Waals surface area contributed by atoms with Crippen LogP contribution in [0.4, 0.5) is 0 Å². The van der Waals surface area contributed by atoms with Crippen molar-refractivity contribution in [2.75, 3.05) is 0 Å². The zero-order valence-electron chi connectivity index (χ0n) is 42.7. The van der Waals surface area contributed by atoms with E-state index >= 15 is 0 Å². The summed E-state index contributed by atoms with van der Waals surface area (Å²) in [6.45, 7) is 14.7. The molecule has 0 spiro atoms. The van der Waals surface area contributed by atoms with Gasteiger partial charge in [-0.2, -0.15) is 0 Å². The standard InChI is InChI=1S/C66H84/c1-7-13-19-37-25-43-45-27-38(20-14-8-2)29-47-49-31-40(22-16-10-4)33-51-53-35-42(24-18-12-6)36-54-52-34-41(23-17-11-5)32-50-48-30-39(21-15-9-3)28-46-44(26-37)55(43)61-62(56(45)47)64(58(49)51)66(60(53)54)65(59(50)52)63(61)57(46)48/h37-42H,7-36H2,1-6H3. The van der Waals surface area contributed by atoms with Crippen molar-refractivity contribution in [3.63, 3.8) is 0 Å². The van der Waals surface area contributed by atoms with E-state index in [1.807, 2.05) is 131 Å². The number of hydrogen-bond acceptors (Lipinski definition) is 0. The summed E-state index contributed by atoms with van der Waals surface area (Å²) in [5.41, 5.74) is 22.7. The number of hydrogen-bond donors (Lipinski definition) is 0. The van der Waals surface area contributed by atoms with E-state index < -0.39 is 0 Å². The third kappa shape index (κ3) is 6.12. The topological polar surface area (TPSA) is 0 Å². The van der Waals surface area contributed by atoms with Crippen LogP contribution in [0.2, 0.25) is 0 Å². The van der Waals surface area contributed by atoms with Crippen LogP contribution >= 0.6 is 0 Å². The van der Waals surface area contributed by atoms with E-state index in [4.69, 9.17) is 0 Å². The summed E-state index contributed by atoms with van der Waals surface area (Å²) in [7, 11) is 0. The Labute approximate surface area is 399 Å². The van der Waals surface area contributed by atoms with Crippen LogP contribution in [0.15, 0.2) is 0 Å². The minimum atomic E-state index is 0.795. The van der Waals surface area contributed by atoms with Gasteiger partial charge in [-0.15, -0.1) is 0 Å². The predicted molar refractivity (Wildman–Crippen MR) is 288 cm³/mol. The van der Waals surface area contributed by atoms with Crippen LogP contribution < -0.4 is 0 Å². The Balaban J connectivity index is 1.25. The van der Waals surface area contributed by atoms with E-state index in [0.717, 1.165) is 35.5 Å². The average molecular weight is 877 g/mol. The number of unbranched alkanes of at least 4 members (excludes halogenated alkanes) is 6. The van der Waals surface area contributed by atoms with Crippen molar-refractivity contribution in [2.45, 2.75) is 234 Å². The second-order valence-electron chi connectivity index (χ2n) is 24.7. The van der Waals surface area contributed by atoms with Gasteiger partial charge < -0.3 is 0 Å². The molecule has 0 nitrogen and oxygen atoms in total. The predicted octanol–water partition coefficient (Wildman–Crippen LogP) is 18.3. The van der Waals surface area contributed by atoms with Crippen molar-refractivity contribution >= 4 is 64.6 Å². The second kappa shape index (κ2) is 16.8. The summed E-state index contributed by atoms with van der Waals surface area (Å²) in [4.78, 5) is 0. The largest absolute Gasteiger partial charge is 0.0654 e. The normalized spacial score (nSPS) is 24.3. The molecule has 13 rings (SSSR count). The highest BCUT2D eigenvalue weighted by atomic mass is 14.5. The van der Waals surface area contributed by atoms with Gasteiger partial charge >= 0.3 is 0 Å². The molecule has 0 saturated heterocycles. The van der Waals surface area contributed by atoms with E-state index in [9.17, 15) is 0 Å². The summed E-state index contributed by atoms with van der Waals surface area (Å²) in [5.74, 6) is 4.77. The molecule has 7 aromatic carbocycles. The lowest BCUT2D eigenvalue weighted by Crippen LogP contribution is -2.29. The van der Waals surface area contributed by atoms with Crippen molar-refractivity contribution < 1.29 is 0 Å². The molecule has 0 unspecified atom stereocenters. The van der Waals surface area contributed by atoms with Gasteiger partial charge in [-0.3, -0.25) is 0 Å². The zero-order valence-corrected chi connectivity index (χ0v) is 42.7. The molecule has 0 heteroatoms. The molecule has 0 bridgehead atoms. The fourth-order valence-electron chi connectivity index (χ4n) is 17.7. The van der Waals surface area contributed by atoms with Gasteiger partial charge in [0, 0.05) is 0 Å². The van der Waals surface area contributed by atoms with Gasteiger partial charge in [-0.05, 0) is 282 Å². The molecule has 6 aliphatic rings. The van der Waals surface area contributed by atoms with E-state index in [1.165, 1.54) is 193 Å². The van der Waals surface area contributed by atoms with Crippen LogP contribution in [0.3, 0.4) is 0 Å². The van der Waals surface area contributed by atoms with Crippen LogP contribution in [-0.4, -0.2) is 0 Å². The van der Waals surface area contributed by atoms with Crippen LogP contribution in [0.1, 0.15) is 224 Å². The third-order valence-electron chi connectivity index (χ3n) is 20.5. The summed E-state index contributed by atoms with van der Waals surface area (Å²) in [5, 5.41) is 22.0. The molecule has 0 aromatic heterocycles. The number of rotatable bonds is 18. The minimum absolute atomic E-state index is 0.795. The molecule has 348 valence electrons. The quantitative estimate of drug-likeness (QED) is 0.0595. The van der Waals surface area contributed by atoms with Gasteiger partial charge in [0.05, 0.1) is 0 Å². The summed E-state index contributed by atoms with van der Waals surface area (Å²) in [6, 6.07) is 0. The van der Waals surface area contributed by atoms with Gasteiger partial charge in [-0.25, -0.2) is 0 Å². The molecule has 0 N–H and O–H groups in total. The van der Waals surface area contributed by atoms with Gasteiger partial charge in [0.15, 0.2) is 0 Å². The fourth-order valence-corrected chi connectivity index (χ4v) is 17.7. The number of benzene rings is 7. The molecule has 0 aliphatic heterocycles. The van der Waals surface area contributed by atoms with Gasteiger partial charge in [0.25, 0.3) is 0 Å². The maximum Gasteiger partial charge on any atom is -0.000770 e. The van der Waals surface area contributed by atoms with E-state index in [0.29, 0.717) is 0 Å². The molecule has 0 amide bonds. The molecule has 6 aliphatic carbocycles. The molecule has 0 atom stereocenters. The SMILES string of the molecule is CCCCC1Cc2c3c4c(c5c6c(c7c8c(c9c%10c(c%11c%12c(c(c2c2c4c6c8c%10c%122)C1)CC(CCCC)C%11)CC(CCCC)C9)CC(CCCC)C7)CC(CCCC)C5)CC(CCCC)C3. The van der Waals surface area contributed by atoms with Crippen LogP contribution in [-0.2, 0) is 77.0 Å². The third-order valence-corrected chi connectivity index (χ3v) is 20.5. The molecular formula is C66H84. The first-order valence-electron chi connectivity index (χ1n) is 29.3. The maximum atomic E-state index is 2.45. The van der Waals surface area contributed by atoms with Crippen molar-refractivity contribution in [1.82, 2.24) is 0 Å². The fraction of sp³-hybridized carbons (Fsp3) is 0.636. The lowest BCUT2D eigenvalue weighted by Gasteiger charge is -2.43. The minimum Gasteiger partial charge on any atom is -0.0654 e. The molecular weight excluding hydrogens is 793 g/mol. The average Bonchev–Trinajstić information content (AvgIpc) is 3.34. The maximum absolute atomic E-state index is 2.45. The van der Waals surface area contributed by atoms with Gasteiger partial charge in [0.2, 0.25) is 0 Å². The monoisotopic (exact) mass is 877 g/mol. The van der Waals surface area contributed by atoms with E-state index in [2.05, 4.69) is 41.5 Å². The van der Waals surface area contributed by atoms with Crippen molar-refractivity contribution in [1.29, 1.82) is 0 Å². The highest BCUT2D eigenvalue weighted by molar-refractivity contribution is 6.48. The first-order chi connectivity index (χ1) is 32.5. The van der Waals surface area contributed by atoms with Crippen LogP contribution in [0.5, 0.6) is 0 Å². The Morgan fingerprint density at radius 2 is 0.318 bits per heavy atom. The summed E-state index contributed by atoms with van der Waals surface area (Å²) in [6.07, 6.45) is 40.9. The second-order valence-corrected chi connectivity index (χ2v) is 24.7. The zero-order chi connectivity index (χ0) is 44.5.